The molecule has 0 amide bonds. The van der Waals surface area contributed by atoms with E-state index in [0.717, 1.165) is 6.17 Å². The molecule has 0 radical (unpaired) electrons. The van der Waals surface area contributed by atoms with Gasteiger partial charge in [-0.1, -0.05) is 0 Å². The fraction of sp³-hybridized carbons (Fsp3) is 1.00. The van der Waals surface area contributed by atoms with E-state index in [0.29, 0.717) is 0 Å². The molecule has 2 aliphatic rings. The molecule has 2 heterocycles. The van der Waals surface area contributed by atoms with Gasteiger partial charge in [0.2, 0.25) is 0 Å². The van der Waals surface area contributed by atoms with Crippen LogP contribution in [-0.2, 0) is 0 Å². The zero-order valence-electron chi connectivity index (χ0n) is 5.35. The first-order chi connectivity index (χ1) is 3.83. The van der Waals surface area contributed by atoms with Crippen molar-refractivity contribution in [1.29, 1.82) is 0 Å². The Hall–Kier alpha value is -0.0800. The number of hydrogen-bond acceptors (Lipinski definition) is 1. The van der Waals surface area contributed by atoms with Crippen LogP contribution in [0.5, 0.6) is 0 Å². The fourth-order valence-electron chi connectivity index (χ4n) is 1.62. The molecule has 2 saturated heterocycles. The lowest BCUT2D eigenvalue weighted by atomic mass is 10.5. The third-order valence-corrected chi connectivity index (χ3v) is 2.62. The molecular weight excluding hydrogens is 100 g/mol. The molecule has 1 spiro atoms. The highest BCUT2D eigenvalue weighted by Gasteiger charge is 2.49. The van der Waals surface area contributed by atoms with Crippen molar-refractivity contribution in [3.8, 4) is 0 Å². The maximum absolute atomic E-state index is 3.44. The van der Waals surface area contributed by atoms with Crippen molar-refractivity contribution in [3.05, 3.63) is 0 Å². The van der Waals surface area contributed by atoms with Crippen molar-refractivity contribution in [2.24, 2.45) is 0 Å². The summed E-state index contributed by atoms with van der Waals surface area (Å²) in [6, 6.07) is 0. The minimum Gasteiger partial charge on any atom is -0.299 e. The van der Waals surface area contributed by atoms with E-state index < -0.39 is 0 Å². The summed E-state index contributed by atoms with van der Waals surface area (Å²) in [4.78, 5) is 0. The van der Waals surface area contributed by atoms with Crippen LogP contribution in [0.25, 0.3) is 0 Å². The summed E-state index contributed by atoms with van der Waals surface area (Å²) in [6.45, 7) is 7.75. The topological polar surface area (TPSA) is 12.0 Å². The first-order valence-corrected chi connectivity index (χ1v) is 3.43. The van der Waals surface area contributed by atoms with Crippen molar-refractivity contribution in [2.75, 3.05) is 26.2 Å². The van der Waals surface area contributed by atoms with Gasteiger partial charge < -0.3 is 0 Å². The summed E-state index contributed by atoms with van der Waals surface area (Å²) in [5.41, 5.74) is 0. The molecule has 8 heavy (non-hydrogen) atoms. The number of nitrogens with one attached hydrogen (secondary N) is 1. The summed E-state index contributed by atoms with van der Waals surface area (Å²) in [6.07, 6.45) is 0.759. The SMILES string of the molecule is CC1NCC[N+]12CC2. The Morgan fingerprint density at radius 3 is 2.38 bits per heavy atom. The lowest BCUT2D eigenvalue weighted by molar-refractivity contribution is -0.811. The molecule has 0 bridgehead atoms. The van der Waals surface area contributed by atoms with Gasteiger partial charge in [0.25, 0.3) is 0 Å². The van der Waals surface area contributed by atoms with Crippen LogP contribution < -0.4 is 5.32 Å². The van der Waals surface area contributed by atoms with Crippen LogP contribution in [0.3, 0.4) is 0 Å². The molecule has 0 aromatic heterocycles. The van der Waals surface area contributed by atoms with Crippen LogP contribution in [0, 0.1) is 0 Å². The zero-order chi connectivity index (χ0) is 5.61. The van der Waals surface area contributed by atoms with Gasteiger partial charge >= 0.3 is 0 Å². The first-order valence-electron chi connectivity index (χ1n) is 3.43. The fourth-order valence-corrected chi connectivity index (χ4v) is 1.62. The normalized spacial score (nSPS) is 40.9. The first kappa shape index (κ1) is 4.77. The molecule has 1 atom stereocenters. The van der Waals surface area contributed by atoms with Gasteiger partial charge in [-0.15, -0.1) is 0 Å². The lowest BCUT2D eigenvalue weighted by Crippen LogP contribution is -2.34. The van der Waals surface area contributed by atoms with Crippen LogP contribution in [-0.4, -0.2) is 36.8 Å². The van der Waals surface area contributed by atoms with Gasteiger partial charge in [-0.3, -0.25) is 9.80 Å². The second-order valence-corrected chi connectivity index (χ2v) is 3.02. The van der Waals surface area contributed by atoms with Gasteiger partial charge in [0.15, 0.2) is 0 Å². The molecule has 0 aromatic rings. The smallest absolute Gasteiger partial charge is 0.140 e. The molecule has 0 saturated carbocycles. The van der Waals surface area contributed by atoms with Crippen LogP contribution in [0.4, 0.5) is 0 Å². The van der Waals surface area contributed by atoms with E-state index >= 15 is 0 Å². The molecule has 0 aliphatic carbocycles. The third kappa shape index (κ3) is 0.446. The second-order valence-electron chi connectivity index (χ2n) is 3.02. The van der Waals surface area contributed by atoms with Crippen molar-refractivity contribution in [3.63, 3.8) is 0 Å². The summed E-state index contributed by atoms with van der Waals surface area (Å²) in [7, 11) is 0. The minimum absolute atomic E-state index is 0.759. The van der Waals surface area contributed by atoms with E-state index in [9.17, 15) is 0 Å². The van der Waals surface area contributed by atoms with Crippen molar-refractivity contribution in [2.45, 2.75) is 13.1 Å². The monoisotopic (exact) mass is 113 g/mol. The molecule has 2 nitrogen and oxygen atoms in total. The molecular formula is C6H13N2+. The van der Waals surface area contributed by atoms with Gasteiger partial charge in [0, 0.05) is 6.92 Å². The molecule has 2 heteroatoms. The van der Waals surface area contributed by atoms with E-state index in [2.05, 4.69) is 12.2 Å². The highest BCUT2D eigenvalue weighted by molar-refractivity contribution is 4.69. The maximum atomic E-state index is 3.44. The molecule has 46 valence electrons. The Labute approximate surface area is 50.1 Å². The van der Waals surface area contributed by atoms with Crippen LogP contribution in [0.15, 0.2) is 0 Å². The quantitative estimate of drug-likeness (QED) is 0.338. The highest BCUT2D eigenvalue weighted by atomic mass is 15.6. The third-order valence-electron chi connectivity index (χ3n) is 2.62. The summed E-state index contributed by atoms with van der Waals surface area (Å²) in [5, 5.41) is 3.44. The van der Waals surface area contributed by atoms with Crippen LogP contribution >= 0.6 is 0 Å². The van der Waals surface area contributed by atoms with Crippen molar-refractivity contribution >= 4 is 0 Å². The molecule has 2 aliphatic heterocycles. The number of hydrogen-bond donors (Lipinski definition) is 1. The van der Waals surface area contributed by atoms with E-state index in [1.807, 2.05) is 0 Å². The van der Waals surface area contributed by atoms with Gasteiger partial charge in [-0.2, -0.15) is 0 Å². The van der Waals surface area contributed by atoms with Crippen molar-refractivity contribution in [1.82, 2.24) is 5.32 Å². The Kier molecular flexibility index (Phi) is 0.746. The average molecular weight is 113 g/mol. The molecule has 1 N–H and O–H groups in total. The van der Waals surface area contributed by atoms with E-state index in [1.54, 1.807) is 0 Å². The predicted molar refractivity (Wildman–Crippen MR) is 32.3 cm³/mol. The number of nitrogens with zero attached hydrogens (tertiary/aromatic N) is 1. The van der Waals surface area contributed by atoms with Gasteiger partial charge in [-0.05, 0) is 0 Å². The molecule has 2 fully saturated rings. The van der Waals surface area contributed by atoms with Crippen LogP contribution in [0.2, 0.25) is 0 Å². The Balaban J connectivity index is 2.12. The lowest BCUT2D eigenvalue weighted by Gasteiger charge is -2.14. The average Bonchev–Trinajstić information content (AvgIpc) is 2.39. The number of rotatable bonds is 0. The van der Waals surface area contributed by atoms with E-state index in [1.165, 1.54) is 30.7 Å². The van der Waals surface area contributed by atoms with Crippen LogP contribution in [0.1, 0.15) is 6.92 Å². The molecule has 0 aromatic carbocycles. The maximum Gasteiger partial charge on any atom is 0.140 e. The predicted octanol–water partition coefficient (Wildman–Crippen LogP) is -0.234. The summed E-state index contributed by atoms with van der Waals surface area (Å²) >= 11 is 0. The standard InChI is InChI=1S/C6H13N2/c1-6-7-2-3-8(6)4-5-8/h6-7H,2-5H2,1H3/q+1. The highest BCUT2D eigenvalue weighted by Crippen LogP contribution is 2.26. The number of quaternary nitrogens is 1. The minimum atomic E-state index is 0.759. The van der Waals surface area contributed by atoms with E-state index in [4.69, 9.17) is 0 Å². The Bertz CT molecular complexity index is 107. The zero-order valence-corrected chi connectivity index (χ0v) is 5.35. The molecule has 1 unspecified atom stereocenters. The summed E-state index contributed by atoms with van der Waals surface area (Å²) < 4.78 is 1.38. The van der Waals surface area contributed by atoms with Crippen molar-refractivity contribution < 1.29 is 4.48 Å². The van der Waals surface area contributed by atoms with Gasteiger partial charge in [-0.25, -0.2) is 0 Å². The molecule has 2 rings (SSSR count). The van der Waals surface area contributed by atoms with Gasteiger partial charge in [0.05, 0.1) is 13.1 Å². The second kappa shape index (κ2) is 1.25. The largest absolute Gasteiger partial charge is 0.299 e. The Morgan fingerprint density at radius 1 is 1.38 bits per heavy atom. The Morgan fingerprint density at radius 2 is 2.12 bits per heavy atom. The van der Waals surface area contributed by atoms with Gasteiger partial charge in [0.1, 0.15) is 19.3 Å². The summed E-state index contributed by atoms with van der Waals surface area (Å²) in [5.74, 6) is 0. The van der Waals surface area contributed by atoms with E-state index in [-0.39, 0.29) is 0 Å².